The number of fused-ring (bicyclic) bond motifs is 3. The first-order chi connectivity index (χ1) is 7.30. The Bertz CT molecular complexity index is 595. The van der Waals surface area contributed by atoms with E-state index >= 15 is 0 Å². The summed E-state index contributed by atoms with van der Waals surface area (Å²) in [6.45, 7) is 0. The standard InChI is InChI=1S/C12H9NOS/c14-10-9-7-3-1-2-4-8(7)15-11(9)13-12(10)5-6-12/h1-4,13H,5-6H2. The third-order valence-corrected chi connectivity index (χ3v) is 4.45. The van der Waals surface area contributed by atoms with Gasteiger partial charge < -0.3 is 5.32 Å². The highest BCUT2D eigenvalue weighted by Gasteiger charge is 2.55. The Morgan fingerprint density at radius 3 is 2.87 bits per heavy atom. The fourth-order valence-electron chi connectivity index (χ4n) is 2.35. The number of hydrogen-bond acceptors (Lipinski definition) is 3. The van der Waals surface area contributed by atoms with Crippen LogP contribution < -0.4 is 5.32 Å². The van der Waals surface area contributed by atoms with Gasteiger partial charge in [0.15, 0.2) is 5.78 Å². The Morgan fingerprint density at radius 2 is 2.07 bits per heavy atom. The van der Waals surface area contributed by atoms with E-state index in [1.54, 1.807) is 11.3 Å². The van der Waals surface area contributed by atoms with Crippen molar-refractivity contribution in [3.63, 3.8) is 0 Å². The molecule has 4 rings (SSSR count). The summed E-state index contributed by atoms with van der Waals surface area (Å²) in [6, 6.07) is 8.14. The lowest BCUT2D eigenvalue weighted by molar-refractivity contribution is 0.0971. The lowest BCUT2D eigenvalue weighted by atomic mass is 10.1. The van der Waals surface area contributed by atoms with Gasteiger partial charge in [0.25, 0.3) is 0 Å². The van der Waals surface area contributed by atoms with E-state index in [2.05, 4.69) is 11.4 Å². The van der Waals surface area contributed by atoms with Crippen LogP contribution in [0, 0.1) is 0 Å². The van der Waals surface area contributed by atoms with Crippen LogP contribution in [0.25, 0.3) is 10.1 Å². The van der Waals surface area contributed by atoms with Crippen molar-refractivity contribution in [3.05, 3.63) is 29.8 Å². The lowest BCUT2D eigenvalue weighted by Crippen LogP contribution is -2.23. The van der Waals surface area contributed by atoms with Gasteiger partial charge in [-0.15, -0.1) is 11.3 Å². The molecule has 1 aromatic heterocycles. The van der Waals surface area contributed by atoms with Gasteiger partial charge in [-0.25, -0.2) is 0 Å². The fraction of sp³-hybridized carbons (Fsp3) is 0.250. The van der Waals surface area contributed by atoms with E-state index in [0.29, 0.717) is 5.78 Å². The second kappa shape index (κ2) is 2.25. The maximum atomic E-state index is 12.2. The molecule has 2 aromatic rings. The zero-order chi connectivity index (χ0) is 10.0. The van der Waals surface area contributed by atoms with Crippen molar-refractivity contribution in [2.75, 3.05) is 5.32 Å². The van der Waals surface area contributed by atoms with Crippen molar-refractivity contribution in [3.8, 4) is 0 Å². The van der Waals surface area contributed by atoms with Crippen LogP contribution in [0.4, 0.5) is 5.00 Å². The highest BCUT2D eigenvalue weighted by Crippen LogP contribution is 2.52. The Labute approximate surface area is 90.9 Å². The van der Waals surface area contributed by atoms with Crippen LogP contribution in [0.1, 0.15) is 23.2 Å². The third-order valence-electron chi connectivity index (χ3n) is 3.36. The first-order valence-electron chi connectivity index (χ1n) is 5.15. The molecular weight excluding hydrogens is 206 g/mol. The number of carbonyl (C=O) groups is 1. The second-order valence-electron chi connectivity index (χ2n) is 4.34. The molecule has 1 aliphatic carbocycles. The van der Waals surface area contributed by atoms with Gasteiger partial charge in [-0.2, -0.15) is 0 Å². The first-order valence-corrected chi connectivity index (χ1v) is 5.96. The molecule has 1 fully saturated rings. The topological polar surface area (TPSA) is 29.1 Å². The second-order valence-corrected chi connectivity index (χ2v) is 5.39. The minimum Gasteiger partial charge on any atom is -0.364 e. The average Bonchev–Trinajstić information content (AvgIpc) is 2.85. The van der Waals surface area contributed by atoms with E-state index in [4.69, 9.17) is 0 Å². The molecule has 2 nitrogen and oxygen atoms in total. The maximum absolute atomic E-state index is 12.2. The smallest absolute Gasteiger partial charge is 0.191 e. The van der Waals surface area contributed by atoms with Crippen molar-refractivity contribution in [1.29, 1.82) is 0 Å². The van der Waals surface area contributed by atoms with Gasteiger partial charge in [-0.1, -0.05) is 18.2 Å². The molecule has 1 saturated carbocycles. The van der Waals surface area contributed by atoms with Crippen molar-refractivity contribution >= 4 is 32.2 Å². The van der Waals surface area contributed by atoms with E-state index < -0.39 is 0 Å². The largest absolute Gasteiger partial charge is 0.364 e. The Morgan fingerprint density at radius 1 is 1.27 bits per heavy atom. The van der Waals surface area contributed by atoms with Gasteiger partial charge >= 0.3 is 0 Å². The molecule has 0 unspecified atom stereocenters. The molecular formula is C12H9NOS. The normalized spacial score (nSPS) is 20.7. The van der Waals surface area contributed by atoms with Crippen LogP contribution in [0.5, 0.6) is 0 Å². The number of nitrogens with one attached hydrogen (secondary N) is 1. The number of thiophene rings is 1. The number of carbonyl (C=O) groups excluding carboxylic acids is 1. The molecule has 1 N–H and O–H groups in total. The van der Waals surface area contributed by atoms with Gasteiger partial charge in [0, 0.05) is 10.1 Å². The van der Waals surface area contributed by atoms with Crippen molar-refractivity contribution in [2.45, 2.75) is 18.4 Å². The molecule has 2 aliphatic rings. The van der Waals surface area contributed by atoms with Crippen molar-refractivity contribution in [2.24, 2.45) is 0 Å². The SMILES string of the molecule is O=C1c2c(sc3ccccc23)NC12CC2. The summed E-state index contributed by atoms with van der Waals surface area (Å²) in [5.74, 6) is 0.315. The summed E-state index contributed by atoms with van der Waals surface area (Å²) in [4.78, 5) is 12.2. The van der Waals surface area contributed by atoms with Crippen LogP contribution >= 0.6 is 11.3 Å². The molecule has 0 amide bonds. The molecule has 0 atom stereocenters. The Balaban J connectivity index is 2.07. The summed E-state index contributed by atoms with van der Waals surface area (Å²) >= 11 is 1.70. The number of anilines is 1. The molecule has 3 heteroatoms. The average molecular weight is 215 g/mol. The van der Waals surface area contributed by atoms with Crippen LogP contribution in [0.3, 0.4) is 0 Å². The van der Waals surface area contributed by atoms with Crippen LogP contribution in [0.2, 0.25) is 0 Å². The van der Waals surface area contributed by atoms with Crippen LogP contribution in [-0.4, -0.2) is 11.3 Å². The summed E-state index contributed by atoms with van der Waals surface area (Å²) < 4.78 is 1.21. The minimum atomic E-state index is -0.189. The number of Topliss-reactive ketones (excluding diaryl/α,β-unsaturated/α-hetero) is 1. The molecule has 1 spiro atoms. The predicted molar refractivity (Wildman–Crippen MR) is 61.7 cm³/mol. The predicted octanol–water partition coefficient (Wildman–Crippen LogP) is 3.04. The lowest BCUT2D eigenvalue weighted by Gasteiger charge is -2.04. The van der Waals surface area contributed by atoms with E-state index in [0.717, 1.165) is 28.8 Å². The molecule has 1 aromatic carbocycles. The molecule has 74 valence electrons. The van der Waals surface area contributed by atoms with Gasteiger partial charge in [0.1, 0.15) is 10.5 Å². The zero-order valence-electron chi connectivity index (χ0n) is 8.04. The number of ketones is 1. The van der Waals surface area contributed by atoms with E-state index in [9.17, 15) is 4.79 Å². The highest BCUT2D eigenvalue weighted by atomic mass is 32.1. The number of hydrogen-bond donors (Lipinski definition) is 1. The minimum absolute atomic E-state index is 0.189. The molecule has 15 heavy (non-hydrogen) atoms. The summed E-state index contributed by atoms with van der Waals surface area (Å²) in [6.07, 6.45) is 2.00. The maximum Gasteiger partial charge on any atom is 0.191 e. The first kappa shape index (κ1) is 7.88. The number of benzene rings is 1. The Hall–Kier alpha value is -1.35. The van der Waals surface area contributed by atoms with Crippen molar-refractivity contribution < 1.29 is 4.79 Å². The number of rotatable bonds is 0. The summed E-state index contributed by atoms with van der Waals surface area (Å²) in [5.41, 5.74) is 0.749. The fourth-order valence-corrected chi connectivity index (χ4v) is 3.55. The van der Waals surface area contributed by atoms with E-state index in [-0.39, 0.29) is 5.54 Å². The molecule has 0 bridgehead atoms. The van der Waals surface area contributed by atoms with Gasteiger partial charge in [0.05, 0.1) is 5.56 Å². The summed E-state index contributed by atoms with van der Waals surface area (Å²) in [7, 11) is 0. The zero-order valence-corrected chi connectivity index (χ0v) is 8.86. The van der Waals surface area contributed by atoms with E-state index in [1.807, 2.05) is 18.2 Å². The Kier molecular flexibility index (Phi) is 1.18. The third kappa shape index (κ3) is 0.827. The highest BCUT2D eigenvalue weighted by molar-refractivity contribution is 7.23. The molecule has 2 heterocycles. The molecule has 1 aliphatic heterocycles. The molecule has 0 radical (unpaired) electrons. The molecule has 0 saturated heterocycles. The van der Waals surface area contributed by atoms with E-state index in [1.165, 1.54) is 4.70 Å². The van der Waals surface area contributed by atoms with Gasteiger partial charge in [-0.05, 0) is 18.9 Å². The van der Waals surface area contributed by atoms with Crippen molar-refractivity contribution in [1.82, 2.24) is 0 Å². The van der Waals surface area contributed by atoms with Gasteiger partial charge in [0.2, 0.25) is 0 Å². The van der Waals surface area contributed by atoms with Crippen LogP contribution in [-0.2, 0) is 0 Å². The summed E-state index contributed by atoms with van der Waals surface area (Å²) in [5, 5.41) is 5.60. The quantitative estimate of drug-likeness (QED) is 0.731. The van der Waals surface area contributed by atoms with Gasteiger partial charge in [-0.3, -0.25) is 4.79 Å². The van der Waals surface area contributed by atoms with Crippen LogP contribution in [0.15, 0.2) is 24.3 Å². The monoisotopic (exact) mass is 215 g/mol.